The molecule has 4 heteroatoms. The van der Waals surface area contributed by atoms with E-state index in [1.807, 2.05) is 6.07 Å². The standard InChI is InChI=1S/C14H21BrFNO/c1-2-17-11-12-6-7-14(13(15)10-12)18-9-5-3-4-8-16/h6-7,10,17H,2-5,8-9,11H2,1H3. The van der Waals surface area contributed by atoms with E-state index >= 15 is 0 Å². The number of hydrogen-bond donors (Lipinski definition) is 1. The molecule has 0 bridgehead atoms. The van der Waals surface area contributed by atoms with Gasteiger partial charge < -0.3 is 10.1 Å². The van der Waals surface area contributed by atoms with Crippen molar-refractivity contribution < 1.29 is 9.13 Å². The zero-order chi connectivity index (χ0) is 13.2. The Morgan fingerprint density at radius 3 is 2.78 bits per heavy atom. The lowest BCUT2D eigenvalue weighted by Crippen LogP contribution is -2.11. The van der Waals surface area contributed by atoms with E-state index in [0.29, 0.717) is 13.0 Å². The normalized spacial score (nSPS) is 10.6. The molecule has 0 fully saturated rings. The highest BCUT2D eigenvalue weighted by molar-refractivity contribution is 9.10. The Labute approximate surface area is 117 Å². The minimum Gasteiger partial charge on any atom is -0.492 e. The van der Waals surface area contributed by atoms with Crippen LogP contribution in [0.4, 0.5) is 4.39 Å². The Morgan fingerprint density at radius 1 is 1.28 bits per heavy atom. The number of ether oxygens (including phenoxy) is 1. The fourth-order valence-electron chi connectivity index (χ4n) is 1.60. The summed E-state index contributed by atoms with van der Waals surface area (Å²) in [5, 5.41) is 3.28. The Balaban J connectivity index is 2.37. The molecule has 0 atom stereocenters. The van der Waals surface area contributed by atoms with E-state index in [4.69, 9.17) is 4.74 Å². The smallest absolute Gasteiger partial charge is 0.133 e. The van der Waals surface area contributed by atoms with Gasteiger partial charge in [0.2, 0.25) is 0 Å². The Morgan fingerprint density at radius 2 is 2.11 bits per heavy atom. The first-order chi connectivity index (χ1) is 8.77. The number of hydrogen-bond acceptors (Lipinski definition) is 2. The van der Waals surface area contributed by atoms with Crippen LogP contribution in [-0.4, -0.2) is 19.8 Å². The summed E-state index contributed by atoms with van der Waals surface area (Å²) >= 11 is 3.51. The van der Waals surface area contributed by atoms with Crippen molar-refractivity contribution in [2.75, 3.05) is 19.8 Å². The molecule has 0 aliphatic carbocycles. The third kappa shape index (κ3) is 5.83. The van der Waals surface area contributed by atoms with Crippen molar-refractivity contribution in [1.29, 1.82) is 0 Å². The Kier molecular flexibility index (Phi) is 8.01. The quantitative estimate of drug-likeness (QED) is 0.693. The maximum Gasteiger partial charge on any atom is 0.133 e. The molecule has 2 nitrogen and oxygen atoms in total. The van der Waals surface area contributed by atoms with E-state index in [2.05, 4.69) is 40.3 Å². The minimum atomic E-state index is -0.233. The third-order valence-electron chi connectivity index (χ3n) is 2.61. The molecule has 0 aromatic heterocycles. The molecule has 0 saturated heterocycles. The summed E-state index contributed by atoms with van der Waals surface area (Å²) < 4.78 is 18.5. The summed E-state index contributed by atoms with van der Waals surface area (Å²) in [6.45, 7) is 4.33. The number of rotatable bonds is 9. The van der Waals surface area contributed by atoms with Gasteiger partial charge >= 0.3 is 0 Å². The fourth-order valence-corrected chi connectivity index (χ4v) is 2.14. The van der Waals surface area contributed by atoms with E-state index in [0.717, 1.165) is 36.2 Å². The monoisotopic (exact) mass is 317 g/mol. The molecule has 1 rings (SSSR count). The Hall–Kier alpha value is -0.610. The predicted molar refractivity (Wildman–Crippen MR) is 76.8 cm³/mol. The van der Waals surface area contributed by atoms with Crippen molar-refractivity contribution in [2.45, 2.75) is 32.7 Å². The highest BCUT2D eigenvalue weighted by Gasteiger charge is 2.02. The van der Waals surface area contributed by atoms with Crippen LogP contribution in [0, 0.1) is 0 Å². The topological polar surface area (TPSA) is 21.3 Å². The summed E-state index contributed by atoms with van der Waals surface area (Å²) in [6, 6.07) is 6.11. The molecule has 0 heterocycles. The van der Waals surface area contributed by atoms with Crippen molar-refractivity contribution in [3.63, 3.8) is 0 Å². The molecule has 0 saturated carbocycles. The molecular formula is C14H21BrFNO. The van der Waals surface area contributed by atoms with Crippen LogP contribution in [-0.2, 0) is 6.54 Å². The first-order valence-corrected chi connectivity index (χ1v) is 7.25. The maximum atomic E-state index is 11.9. The lowest BCUT2D eigenvalue weighted by Gasteiger charge is -2.10. The molecule has 18 heavy (non-hydrogen) atoms. The van der Waals surface area contributed by atoms with Crippen molar-refractivity contribution in [2.24, 2.45) is 0 Å². The van der Waals surface area contributed by atoms with Gasteiger partial charge in [-0.3, -0.25) is 4.39 Å². The van der Waals surface area contributed by atoms with Gasteiger partial charge in [0.25, 0.3) is 0 Å². The van der Waals surface area contributed by atoms with Gasteiger partial charge in [-0.2, -0.15) is 0 Å². The first-order valence-electron chi connectivity index (χ1n) is 6.45. The molecule has 0 unspecified atom stereocenters. The molecule has 1 N–H and O–H groups in total. The van der Waals surface area contributed by atoms with Crippen LogP contribution in [0.1, 0.15) is 31.7 Å². The van der Waals surface area contributed by atoms with Crippen LogP contribution in [0.2, 0.25) is 0 Å². The number of halogens is 2. The first kappa shape index (κ1) is 15.4. The number of nitrogens with one attached hydrogen (secondary N) is 1. The van der Waals surface area contributed by atoms with E-state index < -0.39 is 0 Å². The molecule has 0 radical (unpaired) electrons. The van der Waals surface area contributed by atoms with Crippen molar-refractivity contribution in [1.82, 2.24) is 5.32 Å². The summed E-state index contributed by atoms with van der Waals surface area (Å²) in [6.07, 6.45) is 2.41. The number of alkyl halides is 1. The highest BCUT2D eigenvalue weighted by Crippen LogP contribution is 2.26. The third-order valence-corrected chi connectivity index (χ3v) is 3.23. The van der Waals surface area contributed by atoms with Gasteiger partial charge in [-0.05, 0) is 59.4 Å². The molecule has 0 amide bonds. The molecule has 1 aromatic carbocycles. The van der Waals surface area contributed by atoms with Crippen LogP contribution < -0.4 is 10.1 Å². The fraction of sp³-hybridized carbons (Fsp3) is 0.571. The maximum absolute atomic E-state index is 11.9. The van der Waals surface area contributed by atoms with E-state index in [1.165, 1.54) is 5.56 Å². The molecular weight excluding hydrogens is 297 g/mol. The molecule has 0 aliphatic heterocycles. The highest BCUT2D eigenvalue weighted by atomic mass is 79.9. The summed E-state index contributed by atoms with van der Waals surface area (Å²) in [4.78, 5) is 0. The van der Waals surface area contributed by atoms with Crippen LogP contribution in [0.25, 0.3) is 0 Å². The second kappa shape index (κ2) is 9.34. The molecule has 102 valence electrons. The lowest BCUT2D eigenvalue weighted by atomic mass is 10.2. The van der Waals surface area contributed by atoms with Gasteiger partial charge in [-0.25, -0.2) is 0 Å². The lowest BCUT2D eigenvalue weighted by molar-refractivity contribution is 0.299. The van der Waals surface area contributed by atoms with Crippen molar-refractivity contribution in [3.8, 4) is 5.75 Å². The largest absolute Gasteiger partial charge is 0.492 e. The van der Waals surface area contributed by atoms with Gasteiger partial charge in [0.1, 0.15) is 5.75 Å². The number of benzene rings is 1. The zero-order valence-corrected chi connectivity index (χ0v) is 12.4. The van der Waals surface area contributed by atoms with Gasteiger partial charge in [-0.1, -0.05) is 13.0 Å². The van der Waals surface area contributed by atoms with Crippen LogP contribution >= 0.6 is 15.9 Å². The van der Waals surface area contributed by atoms with Gasteiger partial charge in [0.05, 0.1) is 17.8 Å². The second-order valence-electron chi connectivity index (χ2n) is 4.14. The summed E-state index contributed by atoms with van der Waals surface area (Å²) in [5.74, 6) is 0.857. The second-order valence-corrected chi connectivity index (χ2v) is 5.00. The molecule has 0 aliphatic rings. The SMILES string of the molecule is CCNCc1ccc(OCCCCCF)c(Br)c1. The van der Waals surface area contributed by atoms with Gasteiger partial charge in [-0.15, -0.1) is 0 Å². The summed E-state index contributed by atoms with van der Waals surface area (Å²) in [7, 11) is 0. The van der Waals surface area contributed by atoms with Crippen molar-refractivity contribution in [3.05, 3.63) is 28.2 Å². The average molecular weight is 318 g/mol. The molecule has 0 spiro atoms. The van der Waals surface area contributed by atoms with E-state index in [-0.39, 0.29) is 6.67 Å². The van der Waals surface area contributed by atoms with Crippen LogP contribution in [0.15, 0.2) is 22.7 Å². The van der Waals surface area contributed by atoms with E-state index in [9.17, 15) is 4.39 Å². The average Bonchev–Trinajstić information content (AvgIpc) is 2.38. The van der Waals surface area contributed by atoms with E-state index in [1.54, 1.807) is 0 Å². The number of unbranched alkanes of at least 4 members (excludes halogenated alkanes) is 2. The van der Waals surface area contributed by atoms with Crippen LogP contribution in [0.3, 0.4) is 0 Å². The predicted octanol–water partition coefficient (Wildman–Crippen LogP) is 4.08. The van der Waals surface area contributed by atoms with Gasteiger partial charge in [0, 0.05) is 6.54 Å². The summed E-state index contributed by atoms with van der Waals surface area (Å²) in [5.41, 5.74) is 1.23. The van der Waals surface area contributed by atoms with Crippen LogP contribution in [0.5, 0.6) is 5.75 Å². The minimum absolute atomic E-state index is 0.233. The molecule has 1 aromatic rings. The zero-order valence-electron chi connectivity index (χ0n) is 10.8. The van der Waals surface area contributed by atoms with Crippen molar-refractivity contribution >= 4 is 15.9 Å². The Bertz CT molecular complexity index is 347. The van der Waals surface area contributed by atoms with Gasteiger partial charge in [0.15, 0.2) is 0 Å².